The van der Waals surface area contributed by atoms with Gasteiger partial charge < -0.3 is 14.6 Å². The van der Waals surface area contributed by atoms with E-state index in [9.17, 15) is 4.79 Å². The van der Waals surface area contributed by atoms with E-state index < -0.39 is 0 Å². The molecule has 0 saturated heterocycles. The average Bonchev–Trinajstić information content (AvgIpc) is 2.85. The first-order valence-corrected chi connectivity index (χ1v) is 8.07. The van der Waals surface area contributed by atoms with Gasteiger partial charge in [0.2, 0.25) is 5.91 Å². The number of aromatic nitrogens is 1. The van der Waals surface area contributed by atoms with Gasteiger partial charge in [0.25, 0.3) is 0 Å². The summed E-state index contributed by atoms with van der Waals surface area (Å²) in [6.07, 6.45) is 3.97. The Morgan fingerprint density at radius 3 is 3.00 bits per heavy atom. The van der Waals surface area contributed by atoms with E-state index >= 15 is 0 Å². The number of nitrogens with one attached hydrogen (secondary N) is 1. The zero-order chi connectivity index (χ0) is 15.7. The van der Waals surface area contributed by atoms with Crippen molar-refractivity contribution in [2.75, 3.05) is 13.7 Å². The fraction of sp³-hybridized carbons (Fsp3) is 0.500. The Bertz CT molecular complexity index is 703. The topological polar surface area (TPSA) is 43.3 Å². The highest BCUT2D eigenvalue weighted by molar-refractivity contribution is 5.88. The van der Waals surface area contributed by atoms with Crippen molar-refractivity contribution in [3.05, 3.63) is 29.5 Å². The van der Waals surface area contributed by atoms with Crippen molar-refractivity contribution in [2.45, 2.75) is 38.5 Å². The first-order chi connectivity index (χ1) is 10.7. The third kappa shape index (κ3) is 2.47. The summed E-state index contributed by atoms with van der Waals surface area (Å²) in [4.78, 5) is 11.6. The predicted octanol–water partition coefficient (Wildman–Crippen LogP) is 3.13. The number of rotatable bonds is 4. The maximum Gasteiger partial charge on any atom is 0.219 e. The number of fused-ring (bicyclic) bond motifs is 3. The number of hydrogen-bond acceptors (Lipinski definition) is 2. The molecular formula is C18H24N2O2. The van der Waals surface area contributed by atoms with Gasteiger partial charge in [0.1, 0.15) is 5.75 Å². The summed E-state index contributed by atoms with van der Waals surface area (Å²) in [5, 5.41) is 4.34. The van der Waals surface area contributed by atoms with Crippen molar-refractivity contribution < 1.29 is 9.53 Å². The summed E-state index contributed by atoms with van der Waals surface area (Å²) in [5.74, 6) is 1.42. The molecule has 1 atom stereocenters. The van der Waals surface area contributed by atoms with Crippen LogP contribution < -0.4 is 10.1 Å². The molecule has 118 valence electrons. The third-order valence-corrected chi connectivity index (χ3v) is 4.81. The standard InChI is InChI=1S/C18H24N2O2/c1-4-17(21)19-11-12-6-5-7-16-18(12)14-10-13(22-3)8-9-15(14)20(16)2/h8-10,12H,4-7,11H2,1-3H3,(H,19,21)/t12-/m0/s1. The van der Waals surface area contributed by atoms with Crippen LogP contribution in [0.1, 0.15) is 43.4 Å². The van der Waals surface area contributed by atoms with Gasteiger partial charge >= 0.3 is 0 Å². The van der Waals surface area contributed by atoms with Gasteiger partial charge in [0.15, 0.2) is 0 Å². The molecule has 0 fully saturated rings. The number of hydrogen-bond donors (Lipinski definition) is 1. The molecule has 1 aliphatic carbocycles. The Labute approximate surface area is 131 Å². The van der Waals surface area contributed by atoms with Crippen LogP contribution in [0.2, 0.25) is 0 Å². The molecule has 0 radical (unpaired) electrons. The van der Waals surface area contributed by atoms with Gasteiger partial charge in [-0.25, -0.2) is 0 Å². The molecule has 22 heavy (non-hydrogen) atoms. The van der Waals surface area contributed by atoms with Crippen molar-refractivity contribution >= 4 is 16.8 Å². The third-order valence-electron chi connectivity index (χ3n) is 4.81. The Balaban J connectivity index is 2.03. The molecule has 2 aromatic rings. The average molecular weight is 300 g/mol. The molecule has 1 heterocycles. The van der Waals surface area contributed by atoms with E-state index in [2.05, 4.69) is 29.1 Å². The number of nitrogens with zero attached hydrogens (tertiary/aromatic N) is 1. The Morgan fingerprint density at radius 1 is 1.45 bits per heavy atom. The van der Waals surface area contributed by atoms with E-state index in [1.54, 1.807) is 7.11 Å². The smallest absolute Gasteiger partial charge is 0.219 e. The van der Waals surface area contributed by atoms with Gasteiger partial charge in [-0.2, -0.15) is 0 Å². The second-order valence-electron chi connectivity index (χ2n) is 6.05. The number of aryl methyl sites for hydroxylation is 1. The quantitative estimate of drug-likeness (QED) is 0.942. The highest BCUT2D eigenvalue weighted by Crippen LogP contribution is 2.39. The van der Waals surface area contributed by atoms with E-state index in [1.807, 2.05) is 13.0 Å². The van der Waals surface area contributed by atoms with Crippen molar-refractivity contribution in [1.29, 1.82) is 0 Å². The minimum absolute atomic E-state index is 0.130. The van der Waals surface area contributed by atoms with Gasteiger partial charge in [-0.3, -0.25) is 4.79 Å². The second kappa shape index (κ2) is 6.03. The van der Waals surface area contributed by atoms with Gasteiger partial charge in [0.05, 0.1) is 7.11 Å². The molecule has 0 saturated carbocycles. The molecule has 4 heteroatoms. The molecule has 1 aromatic heterocycles. The van der Waals surface area contributed by atoms with Crippen molar-refractivity contribution in [2.24, 2.45) is 7.05 Å². The first kappa shape index (κ1) is 14.9. The van der Waals surface area contributed by atoms with Crippen LogP contribution in [0.3, 0.4) is 0 Å². The van der Waals surface area contributed by atoms with Crippen LogP contribution in [0, 0.1) is 0 Å². The molecule has 0 bridgehead atoms. The van der Waals surface area contributed by atoms with E-state index in [0.717, 1.165) is 25.1 Å². The minimum Gasteiger partial charge on any atom is -0.497 e. The van der Waals surface area contributed by atoms with Crippen LogP contribution in [0.15, 0.2) is 18.2 Å². The number of benzene rings is 1. The Hall–Kier alpha value is -1.97. The second-order valence-corrected chi connectivity index (χ2v) is 6.05. The van der Waals surface area contributed by atoms with Gasteiger partial charge in [-0.1, -0.05) is 6.92 Å². The Morgan fingerprint density at radius 2 is 2.27 bits per heavy atom. The monoisotopic (exact) mass is 300 g/mol. The highest BCUT2D eigenvalue weighted by Gasteiger charge is 2.26. The summed E-state index contributed by atoms with van der Waals surface area (Å²) in [5.41, 5.74) is 4.06. The van der Waals surface area contributed by atoms with Crippen LogP contribution in [0.25, 0.3) is 10.9 Å². The molecule has 0 unspecified atom stereocenters. The van der Waals surface area contributed by atoms with Gasteiger partial charge in [0, 0.05) is 42.5 Å². The normalized spacial score (nSPS) is 17.3. The van der Waals surface area contributed by atoms with Crippen LogP contribution in [0.5, 0.6) is 5.75 Å². The van der Waals surface area contributed by atoms with Gasteiger partial charge in [-0.15, -0.1) is 0 Å². The fourth-order valence-electron chi connectivity index (χ4n) is 3.62. The largest absolute Gasteiger partial charge is 0.497 e. The van der Waals surface area contributed by atoms with Crippen LogP contribution >= 0.6 is 0 Å². The molecule has 3 rings (SSSR count). The van der Waals surface area contributed by atoms with Crippen molar-refractivity contribution in [3.8, 4) is 5.75 Å². The first-order valence-electron chi connectivity index (χ1n) is 8.07. The molecule has 4 nitrogen and oxygen atoms in total. The number of carbonyl (C=O) groups excluding carboxylic acids is 1. The van der Waals surface area contributed by atoms with Crippen LogP contribution in [0.4, 0.5) is 0 Å². The zero-order valence-electron chi connectivity index (χ0n) is 13.6. The summed E-state index contributed by atoms with van der Waals surface area (Å²) in [6, 6.07) is 6.28. The number of carbonyl (C=O) groups is 1. The lowest BCUT2D eigenvalue weighted by atomic mass is 9.85. The summed E-state index contributed by atoms with van der Waals surface area (Å²) >= 11 is 0. The highest BCUT2D eigenvalue weighted by atomic mass is 16.5. The predicted molar refractivity (Wildman–Crippen MR) is 88.5 cm³/mol. The fourth-order valence-corrected chi connectivity index (χ4v) is 3.62. The zero-order valence-corrected chi connectivity index (χ0v) is 13.6. The minimum atomic E-state index is 0.130. The Kier molecular flexibility index (Phi) is 4.10. The number of ether oxygens (including phenoxy) is 1. The van der Waals surface area contributed by atoms with Gasteiger partial charge in [-0.05, 0) is 43.0 Å². The maximum atomic E-state index is 11.6. The van der Waals surface area contributed by atoms with E-state index in [1.165, 1.54) is 28.6 Å². The molecule has 0 aliphatic heterocycles. The SMILES string of the molecule is CCC(=O)NC[C@@H]1CCCc2c1c1cc(OC)ccc1n2C. The molecular weight excluding hydrogens is 276 g/mol. The maximum absolute atomic E-state index is 11.6. The number of methoxy groups -OCH3 is 1. The number of amides is 1. The van der Waals surface area contributed by atoms with Crippen LogP contribution in [-0.4, -0.2) is 24.1 Å². The lowest BCUT2D eigenvalue weighted by molar-refractivity contribution is -0.120. The van der Waals surface area contributed by atoms with E-state index in [-0.39, 0.29) is 5.91 Å². The van der Waals surface area contributed by atoms with Crippen molar-refractivity contribution in [1.82, 2.24) is 9.88 Å². The molecule has 0 spiro atoms. The lowest BCUT2D eigenvalue weighted by Gasteiger charge is -2.24. The van der Waals surface area contributed by atoms with E-state index in [0.29, 0.717) is 12.3 Å². The molecule has 1 aromatic carbocycles. The van der Waals surface area contributed by atoms with E-state index in [4.69, 9.17) is 4.74 Å². The van der Waals surface area contributed by atoms with Crippen molar-refractivity contribution in [3.63, 3.8) is 0 Å². The van der Waals surface area contributed by atoms with Crippen LogP contribution in [-0.2, 0) is 18.3 Å². The summed E-state index contributed by atoms with van der Waals surface area (Å²) in [7, 11) is 3.84. The molecule has 1 N–H and O–H groups in total. The molecule has 1 amide bonds. The lowest BCUT2D eigenvalue weighted by Crippen LogP contribution is -2.29. The summed E-state index contributed by atoms with van der Waals surface area (Å²) < 4.78 is 7.70. The molecule has 1 aliphatic rings. The summed E-state index contributed by atoms with van der Waals surface area (Å²) in [6.45, 7) is 2.63.